The molecule has 1 heterocycles. The first kappa shape index (κ1) is 28.6. The summed E-state index contributed by atoms with van der Waals surface area (Å²) in [4.78, 5) is 17.0. The van der Waals surface area contributed by atoms with Crippen LogP contribution in [0.25, 0.3) is 5.57 Å². The standard InChI is InChI=1S/C29H34N4O4S/c1-29(2,3)21-33(28(30)32-38(36,37)25-14-5-4-6-15-25)24-13-9-11-22(19-24)26(16-7-8-17-27(34)35)23-12-10-18-31-20-23/h4-6,9-16,18-20H,7-8,17,21H2,1-3H3,(H2,30,32)(H,34,35)/b26-16+. The molecule has 0 unspecified atom stereocenters. The summed E-state index contributed by atoms with van der Waals surface area (Å²) in [6.45, 7) is 6.52. The lowest BCUT2D eigenvalue weighted by atomic mass is 9.94. The molecular formula is C29H34N4O4S. The van der Waals surface area contributed by atoms with E-state index in [1.807, 2.05) is 63.2 Å². The van der Waals surface area contributed by atoms with Gasteiger partial charge in [0, 0.05) is 36.6 Å². The quantitative estimate of drug-likeness (QED) is 0.205. The second kappa shape index (κ2) is 12.5. The molecule has 3 aromatic rings. The molecule has 3 N–H and O–H groups in total. The topological polar surface area (TPSA) is 126 Å². The van der Waals surface area contributed by atoms with E-state index in [9.17, 15) is 13.2 Å². The van der Waals surface area contributed by atoms with E-state index in [0.29, 0.717) is 25.1 Å². The molecule has 0 aliphatic rings. The highest BCUT2D eigenvalue weighted by molar-refractivity contribution is 7.90. The number of hydrogen-bond donors (Lipinski definition) is 2. The van der Waals surface area contributed by atoms with E-state index in [-0.39, 0.29) is 22.7 Å². The number of anilines is 1. The van der Waals surface area contributed by atoms with Gasteiger partial charge in [0.25, 0.3) is 10.0 Å². The first-order chi connectivity index (χ1) is 18.0. The van der Waals surface area contributed by atoms with Gasteiger partial charge in [0.1, 0.15) is 0 Å². The number of carbonyl (C=O) groups is 1. The molecule has 0 atom stereocenters. The Morgan fingerprint density at radius 1 is 1.05 bits per heavy atom. The van der Waals surface area contributed by atoms with E-state index in [4.69, 9.17) is 10.8 Å². The van der Waals surface area contributed by atoms with E-state index < -0.39 is 16.0 Å². The fourth-order valence-electron chi connectivity index (χ4n) is 3.86. The van der Waals surface area contributed by atoms with Crippen molar-refractivity contribution in [2.45, 2.75) is 44.9 Å². The number of hydrogen-bond acceptors (Lipinski definition) is 4. The number of nitrogens with two attached hydrogens (primary N) is 1. The average molecular weight is 535 g/mol. The highest BCUT2D eigenvalue weighted by Gasteiger charge is 2.23. The molecule has 2 aromatic carbocycles. The molecule has 0 amide bonds. The molecule has 9 heteroatoms. The first-order valence-electron chi connectivity index (χ1n) is 12.3. The Hall–Kier alpha value is -3.98. The molecule has 1 aromatic heterocycles. The van der Waals surface area contributed by atoms with Crippen LogP contribution in [0.3, 0.4) is 0 Å². The highest BCUT2D eigenvalue weighted by atomic mass is 32.2. The third-order valence-electron chi connectivity index (χ3n) is 5.55. The molecule has 0 fully saturated rings. The number of carboxylic acids is 1. The van der Waals surface area contributed by atoms with E-state index in [1.54, 1.807) is 35.5 Å². The van der Waals surface area contributed by atoms with Crippen molar-refractivity contribution in [2.75, 3.05) is 11.4 Å². The molecular weight excluding hydrogens is 500 g/mol. The van der Waals surface area contributed by atoms with E-state index >= 15 is 0 Å². The fraction of sp³-hybridized carbons (Fsp3) is 0.276. The SMILES string of the molecule is CC(C)(C)CN(C(N)=NS(=O)(=O)c1ccccc1)c1cccc(/C(=C\CCCC(=O)O)c2cccnc2)c1. The highest BCUT2D eigenvalue weighted by Crippen LogP contribution is 2.29. The van der Waals surface area contributed by atoms with Crippen molar-refractivity contribution in [1.82, 2.24) is 4.98 Å². The second-order valence-electron chi connectivity index (χ2n) is 10.1. The average Bonchev–Trinajstić information content (AvgIpc) is 2.87. The molecule has 0 spiro atoms. The zero-order valence-electron chi connectivity index (χ0n) is 21.9. The van der Waals surface area contributed by atoms with Crippen molar-refractivity contribution in [3.05, 3.63) is 96.3 Å². The van der Waals surface area contributed by atoms with E-state index in [2.05, 4.69) is 9.38 Å². The van der Waals surface area contributed by atoms with Crippen molar-refractivity contribution in [3.8, 4) is 0 Å². The van der Waals surface area contributed by atoms with E-state index in [1.165, 1.54) is 12.1 Å². The van der Waals surface area contributed by atoms with Crippen LogP contribution in [-0.2, 0) is 14.8 Å². The fourth-order valence-corrected chi connectivity index (χ4v) is 4.81. The molecule has 0 saturated carbocycles. The zero-order valence-corrected chi connectivity index (χ0v) is 22.7. The Kier molecular flexibility index (Phi) is 9.41. The van der Waals surface area contributed by atoms with Gasteiger partial charge in [-0.1, -0.05) is 63.2 Å². The van der Waals surface area contributed by atoms with Crippen molar-refractivity contribution in [3.63, 3.8) is 0 Å². The van der Waals surface area contributed by atoms with Crippen molar-refractivity contribution in [1.29, 1.82) is 0 Å². The van der Waals surface area contributed by atoms with Crippen LogP contribution in [0.4, 0.5) is 5.69 Å². The minimum absolute atomic E-state index is 0.0653. The van der Waals surface area contributed by atoms with Crippen molar-refractivity contribution >= 4 is 33.2 Å². The van der Waals surface area contributed by atoms with Crippen LogP contribution in [0.5, 0.6) is 0 Å². The summed E-state index contributed by atoms with van der Waals surface area (Å²) in [5.41, 5.74) is 9.46. The molecule has 8 nitrogen and oxygen atoms in total. The van der Waals surface area contributed by atoms with Crippen LogP contribution in [0.2, 0.25) is 0 Å². The molecule has 0 aliphatic heterocycles. The van der Waals surface area contributed by atoms with Gasteiger partial charge in [0.05, 0.1) is 4.90 Å². The number of carboxylic acid groups (broad SMARTS) is 1. The van der Waals surface area contributed by atoms with Crippen LogP contribution >= 0.6 is 0 Å². The monoisotopic (exact) mass is 534 g/mol. The summed E-state index contributed by atoms with van der Waals surface area (Å²) in [5.74, 6) is -0.962. The minimum Gasteiger partial charge on any atom is -0.481 e. The number of aromatic nitrogens is 1. The van der Waals surface area contributed by atoms with Gasteiger partial charge in [-0.3, -0.25) is 9.78 Å². The summed E-state index contributed by atoms with van der Waals surface area (Å²) in [6, 6.07) is 19.4. The summed E-state index contributed by atoms with van der Waals surface area (Å²) in [7, 11) is -4.01. The largest absolute Gasteiger partial charge is 0.481 e. The number of sulfonamides is 1. The number of aliphatic carboxylic acids is 1. The van der Waals surface area contributed by atoms with Crippen LogP contribution in [0.15, 0.2) is 94.5 Å². The molecule has 0 radical (unpaired) electrons. The number of benzene rings is 2. The van der Waals surface area contributed by atoms with Crippen LogP contribution in [0, 0.1) is 5.41 Å². The molecule has 3 rings (SSSR count). The van der Waals surface area contributed by atoms with Gasteiger partial charge < -0.3 is 15.7 Å². The summed E-state index contributed by atoms with van der Waals surface area (Å²) in [6.07, 6.45) is 6.61. The van der Waals surface area contributed by atoms with Gasteiger partial charge in [-0.2, -0.15) is 8.42 Å². The van der Waals surface area contributed by atoms with E-state index in [0.717, 1.165) is 16.7 Å². The lowest BCUT2D eigenvalue weighted by Crippen LogP contribution is -2.43. The Labute approximate surface area is 224 Å². The summed E-state index contributed by atoms with van der Waals surface area (Å²) in [5, 5.41) is 9.01. The third-order valence-corrected chi connectivity index (χ3v) is 6.84. The lowest BCUT2D eigenvalue weighted by molar-refractivity contribution is -0.137. The summed E-state index contributed by atoms with van der Waals surface area (Å²) < 4.78 is 29.9. The molecule has 38 heavy (non-hydrogen) atoms. The van der Waals surface area contributed by atoms with Gasteiger partial charge in [0.15, 0.2) is 0 Å². The maximum Gasteiger partial charge on any atom is 0.303 e. The third kappa shape index (κ3) is 8.27. The normalized spacial score (nSPS) is 12.8. The molecule has 0 saturated heterocycles. The molecule has 0 bridgehead atoms. The minimum atomic E-state index is -4.01. The van der Waals surface area contributed by atoms with Crippen LogP contribution < -0.4 is 10.6 Å². The number of pyridine rings is 1. The number of allylic oxidation sites excluding steroid dienone is 1. The van der Waals surface area contributed by atoms with Gasteiger partial charge in [-0.05, 0) is 59.7 Å². The van der Waals surface area contributed by atoms with Crippen molar-refractivity contribution < 1.29 is 18.3 Å². The van der Waals surface area contributed by atoms with Crippen LogP contribution in [-0.4, -0.2) is 37.0 Å². The Morgan fingerprint density at radius 3 is 2.39 bits per heavy atom. The zero-order chi connectivity index (χ0) is 27.8. The Bertz CT molecular complexity index is 1400. The Morgan fingerprint density at radius 2 is 1.76 bits per heavy atom. The van der Waals surface area contributed by atoms with Gasteiger partial charge >= 0.3 is 5.97 Å². The number of guanidine groups is 1. The second-order valence-corrected chi connectivity index (χ2v) is 11.7. The summed E-state index contributed by atoms with van der Waals surface area (Å²) >= 11 is 0. The number of unbranched alkanes of at least 4 members (excludes halogenated alkanes) is 1. The lowest BCUT2D eigenvalue weighted by Gasteiger charge is -2.31. The van der Waals surface area contributed by atoms with Crippen molar-refractivity contribution in [2.24, 2.45) is 15.5 Å². The maximum absolute atomic E-state index is 12.9. The van der Waals surface area contributed by atoms with Gasteiger partial charge in [0.2, 0.25) is 5.96 Å². The van der Waals surface area contributed by atoms with Gasteiger partial charge in [-0.15, -0.1) is 4.40 Å². The van der Waals surface area contributed by atoms with Crippen LogP contribution in [0.1, 0.15) is 51.2 Å². The number of nitrogens with zero attached hydrogens (tertiary/aromatic N) is 3. The number of rotatable bonds is 10. The predicted molar refractivity (Wildman–Crippen MR) is 151 cm³/mol. The Balaban J connectivity index is 2.05. The predicted octanol–water partition coefficient (Wildman–Crippen LogP) is 5.32. The first-order valence-corrected chi connectivity index (χ1v) is 13.8. The maximum atomic E-state index is 12.9. The molecule has 200 valence electrons. The smallest absolute Gasteiger partial charge is 0.303 e. The molecule has 0 aliphatic carbocycles. The van der Waals surface area contributed by atoms with Gasteiger partial charge in [-0.25, -0.2) is 0 Å².